The van der Waals surface area contributed by atoms with E-state index in [4.69, 9.17) is 12.3 Å². The molecule has 2 nitrogen and oxygen atoms in total. The van der Waals surface area contributed by atoms with E-state index in [1.165, 1.54) is 11.3 Å². The lowest BCUT2D eigenvalue weighted by Gasteiger charge is -2.12. The van der Waals surface area contributed by atoms with Crippen LogP contribution in [0.15, 0.2) is 42.4 Å². The molecule has 0 unspecified atom stereocenters. The van der Waals surface area contributed by atoms with Crippen molar-refractivity contribution in [3.63, 3.8) is 0 Å². The van der Waals surface area contributed by atoms with Gasteiger partial charge < -0.3 is 0 Å². The van der Waals surface area contributed by atoms with Gasteiger partial charge in [0.05, 0.1) is 19.9 Å². The Balaban J connectivity index is 2.21. The Bertz CT molecular complexity index is 1580. The van der Waals surface area contributed by atoms with Crippen molar-refractivity contribution < 1.29 is 16.9 Å². The molecule has 4 aromatic rings. The van der Waals surface area contributed by atoms with E-state index in [0.29, 0.717) is 11.1 Å². The molecule has 0 radical (unpaired) electrons. The third-order valence-corrected chi connectivity index (χ3v) is 6.06. The number of hydrogen-bond donors (Lipinski definition) is 0. The van der Waals surface area contributed by atoms with Gasteiger partial charge >= 0.3 is 0 Å². The van der Waals surface area contributed by atoms with Gasteiger partial charge in [0.15, 0.2) is 5.69 Å². The fourth-order valence-electron chi connectivity index (χ4n) is 3.32. The summed E-state index contributed by atoms with van der Waals surface area (Å²) in [6.45, 7) is -3.25. The monoisotopic (exact) mass is 380 g/mol. The maximum absolute atomic E-state index is 9.35. The fourth-order valence-corrected chi connectivity index (χ4v) is 4.61. The normalized spacial score (nSPS) is 17.6. The zero-order chi connectivity index (χ0) is 27.0. The number of nitrogens with zero attached hydrogens (tertiary/aromatic N) is 2. The molecule has 2 aromatic carbocycles. The lowest BCUT2D eigenvalue weighted by molar-refractivity contribution is -0.666. The van der Waals surface area contributed by atoms with Crippen LogP contribution >= 0.6 is 11.3 Å². The predicted molar refractivity (Wildman–Crippen MR) is 114 cm³/mol. The molecular weight excluding hydrogens is 348 g/mol. The van der Waals surface area contributed by atoms with Crippen molar-refractivity contribution in [2.45, 2.75) is 33.4 Å². The van der Waals surface area contributed by atoms with Crippen molar-refractivity contribution in [2.75, 3.05) is 0 Å². The van der Waals surface area contributed by atoms with E-state index in [1.807, 2.05) is 25.1 Å². The van der Waals surface area contributed by atoms with Gasteiger partial charge in [-0.2, -0.15) is 9.83 Å². The predicted octanol–water partition coefficient (Wildman–Crippen LogP) is 6.16. The molecule has 0 saturated heterocycles. The van der Waals surface area contributed by atoms with Crippen LogP contribution in [0.4, 0.5) is 0 Å². The molecular formula is C24H23N2S+. The van der Waals surface area contributed by atoms with Gasteiger partial charge in [-0.3, -0.25) is 0 Å². The largest absolute Gasteiger partial charge is 0.214 e. The number of rotatable bonds is 2. The molecule has 134 valence electrons. The number of thiophene rings is 1. The Morgan fingerprint density at radius 1 is 1.19 bits per heavy atom. The number of nitriles is 1. The number of benzene rings is 2. The first-order chi connectivity index (χ1) is 16.6. The van der Waals surface area contributed by atoms with Crippen molar-refractivity contribution in [1.82, 2.24) is 0 Å². The van der Waals surface area contributed by atoms with Crippen LogP contribution in [-0.4, -0.2) is 0 Å². The number of aromatic nitrogens is 1. The number of fused-ring (bicyclic) bond motifs is 3. The minimum absolute atomic E-state index is 0.235. The van der Waals surface area contributed by atoms with Crippen LogP contribution in [0.2, 0.25) is 0 Å². The van der Waals surface area contributed by atoms with Crippen molar-refractivity contribution in [3.05, 3.63) is 64.8 Å². The lowest BCUT2D eigenvalue weighted by Crippen LogP contribution is -2.35. The Morgan fingerprint density at radius 2 is 2.00 bits per heavy atom. The molecule has 0 spiro atoms. The first-order valence-corrected chi connectivity index (χ1v) is 9.24. The van der Waals surface area contributed by atoms with E-state index in [9.17, 15) is 5.26 Å². The summed E-state index contributed by atoms with van der Waals surface area (Å²) in [7, 11) is 1.64. The Labute approximate surface area is 177 Å². The second-order valence-electron chi connectivity index (χ2n) is 6.55. The quantitative estimate of drug-likeness (QED) is 0.383. The summed E-state index contributed by atoms with van der Waals surface area (Å²) in [5.74, 6) is -3.18. The molecule has 2 heterocycles. The van der Waals surface area contributed by atoms with Gasteiger partial charge in [0.25, 0.3) is 0 Å². The first-order valence-electron chi connectivity index (χ1n) is 12.9. The van der Waals surface area contributed by atoms with Crippen LogP contribution in [0.3, 0.4) is 0 Å². The maximum atomic E-state index is 9.35. The summed E-state index contributed by atoms with van der Waals surface area (Å²) in [5.41, 5.74) is 1.70. The van der Waals surface area contributed by atoms with E-state index in [-0.39, 0.29) is 11.4 Å². The summed E-state index contributed by atoms with van der Waals surface area (Å²) < 4.78 is 77.3. The van der Waals surface area contributed by atoms with Gasteiger partial charge in [-0.05, 0) is 42.1 Å². The van der Waals surface area contributed by atoms with Crippen molar-refractivity contribution in [1.29, 1.82) is 5.26 Å². The molecule has 0 N–H and O–H groups in total. The Hall–Kier alpha value is -2.70. The molecule has 0 amide bonds. The third-order valence-electron chi connectivity index (χ3n) is 4.85. The Kier molecular flexibility index (Phi) is 2.40. The molecule has 0 saturated carbocycles. The highest BCUT2D eigenvalue weighted by molar-refractivity contribution is 7.26. The van der Waals surface area contributed by atoms with Crippen LogP contribution in [-0.2, 0) is 7.05 Å². The van der Waals surface area contributed by atoms with Crippen LogP contribution in [0.5, 0.6) is 0 Å². The average Bonchev–Trinajstić information content (AvgIpc) is 3.15. The average molecular weight is 381 g/mol. The molecule has 0 aliphatic rings. The van der Waals surface area contributed by atoms with E-state index in [0.717, 1.165) is 25.7 Å². The second kappa shape index (κ2) is 6.48. The summed E-state index contributed by atoms with van der Waals surface area (Å²) >= 11 is 1.45. The van der Waals surface area contributed by atoms with Gasteiger partial charge in [-0.25, -0.2) is 0 Å². The molecule has 0 aliphatic carbocycles. The van der Waals surface area contributed by atoms with Gasteiger partial charge in [0.2, 0.25) is 5.69 Å². The molecule has 0 fully saturated rings. The molecule has 0 bridgehead atoms. The summed E-state index contributed by atoms with van der Waals surface area (Å²) in [6, 6.07) is 10.3. The van der Waals surface area contributed by atoms with Crippen molar-refractivity contribution >= 4 is 31.5 Å². The van der Waals surface area contributed by atoms with E-state index >= 15 is 0 Å². The van der Waals surface area contributed by atoms with Crippen LogP contribution in [0.1, 0.15) is 54.3 Å². The molecule has 0 aliphatic heterocycles. The fraction of sp³-hybridized carbons (Fsp3) is 0.250. The molecule has 2 aromatic heterocycles. The topological polar surface area (TPSA) is 27.7 Å². The highest BCUT2D eigenvalue weighted by Crippen LogP contribution is 2.41. The molecule has 0 atom stereocenters. The number of pyridine rings is 1. The molecule has 3 heteroatoms. The molecule has 4 rings (SSSR count). The number of aryl methyl sites for hydroxylation is 1. The highest BCUT2D eigenvalue weighted by Gasteiger charge is 2.22. The van der Waals surface area contributed by atoms with Crippen LogP contribution in [0, 0.1) is 25.2 Å². The van der Waals surface area contributed by atoms with Crippen molar-refractivity contribution in [2.24, 2.45) is 7.05 Å². The zero-order valence-electron chi connectivity index (χ0n) is 24.2. The van der Waals surface area contributed by atoms with Gasteiger partial charge in [-0.15, -0.1) is 11.3 Å². The third kappa shape index (κ3) is 2.81. The molecule has 27 heavy (non-hydrogen) atoms. The van der Waals surface area contributed by atoms with Gasteiger partial charge in [-0.1, -0.05) is 25.8 Å². The second-order valence-corrected chi connectivity index (χ2v) is 7.60. The van der Waals surface area contributed by atoms with Crippen LogP contribution < -0.4 is 4.57 Å². The smallest absolute Gasteiger partial charge is 0.199 e. The summed E-state index contributed by atoms with van der Waals surface area (Å²) in [4.78, 5) is 0. The van der Waals surface area contributed by atoms with E-state index < -0.39 is 37.2 Å². The van der Waals surface area contributed by atoms with Gasteiger partial charge in [0.1, 0.15) is 7.05 Å². The van der Waals surface area contributed by atoms with E-state index in [2.05, 4.69) is 6.07 Å². The maximum Gasteiger partial charge on any atom is 0.214 e. The van der Waals surface area contributed by atoms with Gasteiger partial charge in [0, 0.05) is 48.8 Å². The highest BCUT2D eigenvalue weighted by atomic mass is 32.1. The summed E-state index contributed by atoms with van der Waals surface area (Å²) in [6.07, 6.45) is 0. The summed E-state index contributed by atoms with van der Waals surface area (Å²) in [5, 5.41) is 11.0. The standard InChI is InChI=1S/C24H23N2S/c1-14(2)18-10-16(4)26(5)21(12-18)23-15(3)6-8-19-20-11-17(13-25)7-9-22(20)27-24(19)23/h6-12,14H,1-5H3/q+1/i1D3,2D3,10D,12D,14D. The minimum Gasteiger partial charge on any atom is -0.199 e. The minimum atomic E-state index is -3.32. The SMILES string of the molecule is [2H]c1c(C([2H])(C([2H])([2H])[2H])C([2H])([2H])[2H])c([2H])c(-c2c(C)ccc3c2sc2ccc(C#N)cc23)[n+](C)c1C. The Morgan fingerprint density at radius 3 is 2.74 bits per heavy atom. The zero-order valence-corrected chi connectivity index (χ0v) is 16.0. The lowest BCUT2D eigenvalue weighted by atomic mass is 9.96. The number of hydrogen-bond acceptors (Lipinski definition) is 2. The first kappa shape index (κ1) is 10.0. The van der Waals surface area contributed by atoms with Crippen LogP contribution in [0.25, 0.3) is 31.4 Å². The van der Waals surface area contributed by atoms with Crippen molar-refractivity contribution in [3.8, 4) is 17.3 Å². The van der Waals surface area contributed by atoms with E-state index in [1.54, 1.807) is 30.7 Å².